The van der Waals surface area contributed by atoms with Crippen LogP contribution in [-0.4, -0.2) is 12.0 Å². The second-order valence-corrected chi connectivity index (χ2v) is 4.09. The van der Waals surface area contributed by atoms with Crippen molar-refractivity contribution in [2.75, 3.05) is 5.32 Å². The van der Waals surface area contributed by atoms with Crippen LogP contribution < -0.4 is 10.1 Å². The molecule has 4 nitrogen and oxygen atoms in total. The van der Waals surface area contributed by atoms with Crippen LogP contribution in [0.15, 0.2) is 18.2 Å². The molecule has 0 spiro atoms. The molecule has 0 aromatic heterocycles. The van der Waals surface area contributed by atoms with E-state index in [0.29, 0.717) is 12.2 Å². The van der Waals surface area contributed by atoms with Gasteiger partial charge in [-0.1, -0.05) is 6.07 Å². The van der Waals surface area contributed by atoms with Crippen LogP contribution in [0.5, 0.6) is 5.75 Å². The summed E-state index contributed by atoms with van der Waals surface area (Å²) in [6.07, 6.45) is 1.79. The number of carbonyl (C=O) groups excluding carboxylic acids is 1. The van der Waals surface area contributed by atoms with E-state index >= 15 is 0 Å². The van der Waals surface area contributed by atoms with Gasteiger partial charge < -0.3 is 10.1 Å². The van der Waals surface area contributed by atoms with Crippen LogP contribution in [0.3, 0.4) is 0 Å². The van der Waals surface area contributed by atoms with E-state index in [1.807, 2.05) is 18.2 Å². The van der Waals surface area contributed by atoms with E-state index in [2.05, 4.69) is 11.4 Å². The Labute approximate surface area is 100 Å². The molecule has 17 heavy (non-hydrogen) atoms. The van der Waals surface area contributed by atoms with Crippen molar-refractivity contribution in [3.8, 4) is 11.8 Å². The molecule has 0 aliphatic carbocycles. The molecule has 1 heterocycles. The highest BCUT2D eigenvalue weighted by atomic mass is 16.5. The Morgan fingerprint density at radius 3 is 3.12 bits per heavy atom. The SMILES string of the molecule is CC1Oc2ccc(CCCC#N)cc2NC1=O. The summed E-state index contributed by atoms with van der Waals surface area (Å²) >= 11 is 0. The molecule has 1 aromatic rings. The smallest absolute Gasteiger partial charge is 0.265 e. The topological polar surface area (TPSA) is 62.1 Å². The Bertz CT molecular complexity index is 477. The van der Waals surface area contributed by atoms with Gasteiger partial charge in [0.05, 0.1) is 11.8 Å². The third-order valence-electron chi connectivity index (χ3n) is 2.73. The number of ether oxygens (including phenoxy) is 1. The van der Waals surface area contributed by atoms with Gasteiger partial charge in [-0.25, -0.2) is 0 Å². The summed E-state index contributed by atoms with van der Waals surface area (Å²) in [5.74, 6) is 0.591. The lowest BCUT2D eigenvalue weighted by Gasteiger charge is -2.23. The molecule has 1 aliphatic heterocycles. The lowest BCUT2D eigenvalue weighted by Crippen LogP contribution is -2.34. The quantitative estimate of drug-likeness (QED) is 0.810. The second kappa shape index (κ2) is 4.88. The van der Waals surface area contributed by atoms with E-state index in [4.69, 9.17) is 10.00 Å². The van der Waals surface area contributed by atoms with Crippen LogP contribution >= 0.6 is 0 Å². The zero-order valence-corrected chi connectivity index (χ0v) is 9.69. The molecule has 1 aliphatic rings. The van der Waals surface area contributed by atoms with Gasteiger partial charge in [0.15, 0.2) is 6.10 Å². The van der Waals surface area contributed by atoms with Crippen molar-refractivity contribution in [2.24, 2.45) is 0 Å². The second-order valence-electron chi connectivity index (χ2n) is 4.09. The summed E-state index contributed by atoms with van der Waals surface area (Å²) in [4.78, 5) is 11.4. The lowest BCUT2D eigenvalue weighted by atomic mass is 10.1. The zero-order chi connectivity index (χ0) is 12.3. The Balaban J connectivity index is 2.12. The number of nitriles is 1. The zero-order valence-electron chi connectivity index (χ0n) is 9.69. The number of carbonyl (C=O) groups is 1. The maximum atomic E-state index is 11.4. The molecule has 2 rings (SSSR count). The van der Waals surface area contributed by atoms with Gasteiger partial charge in [-0.05, 0) is 37.5 Å². The molecule has 1 atom stereocenters. The Hall–Kier alpha value is -2.02. The van der Waals surface area contributed by atoms with Gasteiger partial charge in [0, 0.05) is 6.42 Å². The molecule has 0 saturated heterocycles. The highest BCUT2D eigenvalue weighted by Gasteiger charge is 2.23. The number of aryl methyl sites for hydroxylation is 1. The Kier molecular flexibility index (Phi) is 3.29. The normalized spacial score (nSPS) is 17.6. The monoisotopic (exact) mass is 230 g/mol. The molecule has 0 saturated carbocycles. The molecule has 88 valence electrons. The Morgan fingerprint density at radius 2 is 2.35 bits per heavy atom. The number of nitrogens with zero attached hydrogens (tertiary/aromatic N) is 1. The summed E-state index contributed by atoms with van der Waals surface area (Å²) in [7, 11) is 0. The maximum Gasteiger partial charge on any atom is 0.265 e. The van der Waals surface area contributed by atoms with Gasteiger partial charge in [0.2, 0.25) is 0 Å². The summed E-state index contributed by atoms with van der Waals surface area (Å²) in [6, 6.07) is 7.87. The third-order valence-corrected chi connectivity index (χ3v) is 2.73. The highest BCUT2D eigenvalue weighted by Crippen LogP contribution is 2.30. The van der Waals surface area contributed by atoms with E-state index in [1.54, 1.807) is 6.92 Å². The highest BCUT2D eigenvalue weighted by molar-refractivity contribution is 5.97. The number of nitrogens with one attached hydrogen (secondary N) is 1. The fourth-order valence-electron chi connectivity index (χ4n) is 1.78. The summed E-state index contributed by atoms with van der Waals surface area (Å²) in [6.45, 7) is 1.72. The van der Waals surface area contributed by atoms with Gasteiger partial charge in [-0.3, -0.25) is 4.79 Å². The van der Waals surface area contributed by atoms with E-state index in [0.717, 1.165) is 24.1 Å². The number of benzene rings is 1. The van der Waals surface area contributed by atoms with Crippen molar-refractivity contribution in [3.63, 3.8) is 0 Å². The van der Waals surface area contributed by atoms with Crippen molar-refractivity contribution in [1.82, 2.24) is 0 Å². The molecule has 0 fully saturated rings. The van der Waals surface area contributed by atoms with Crippen molar-refractivity contribution >= 4 is 11.6 Å². The van der Waals surface area contributed by atoms with Crippen molar-refractivity contribution in [1.29, 1.82) is 5.26 Å². The minimum Gasteiger partial charge on any atom is -0.479 e. The molecule has 1 N–H and O–H groups in total. The van der Waals surface area contributed by atoms with Crippen molar-refractivity contribution in [3.05, 3.63) is 23.8 Å². The summed E-state index contributed by atoms with van der Waals surface area (Å²) < 4.78 is 5.46. The number of amides is 1. The lowest BCUT2D eigenvalue weighted by molar-refractivity contribution is -0.122. The third kappa shape index (κ3) is 2.56. The first-order valence-corrected chi connectivity index (χ1v) is 5.68. The first-order chi connectivity index (χ1) is 8.20. The van der Waals surface area contributed by atoms with Crippen LogP contribution in [0.1, 0.15) is 25.3 Å². The fourth-order valence-corrected chi connectivity index (χ4v) is 1.78. The molecule has 0 bridgehead atoms. The molecule has 1 unspecified atom stereocenters. The van der Waals surface area contributed by atoms with E-state index in [-0.39, 0.29) is 5.91 Å². The molecular weight excluding hydrogens is 216 g/mol. The predicted molar refractivity (Wildman–Crippen MR) is 63.7 cm³/mol. The van der Waals surface area contributed by atoms with Crippen LogP contribution in [0, 0.1) is 11.3 Å². The number of rotatable bonds is 3. The number of fused-ring (bicyclic) bond motifs is 1. The number of hydrogen-bond acceptors (Lipinski definition) is 3. The van der Waals surface area contributed by atoms with Crippen LogP contribution in [-0.2, 0) is 11.2 Å². The minimum atomic E-state index is -0.438. The number of hydrogen-bond donors (Lipinski definition) is 1. The standard InChI is InChI=1S/C13H14N2O2/c1-9-13(16)15-11-8-10(4-2-3-7-14)5-6-12(11)17-9/h5-6,8-9H,2-4H2,1H3,(H,15,16). The van der Waals surface area contributed by atoms with Crippen LogP contribution in [0.2, 0.25) is 0 Å². The van der Waals surface area contributed by atoms with E-state index < -0.39 is 6.10 Å². The summed E-state index contributed by atoms with van der Waals surface area (Å²) in [5, 5.41) is 11.3. The fraction of sp³-hybridized carbons (Fsp3) is 0.385. The Morgan fingerprint density at radius 1 is 1.53 bits per heavy atom. The molecule has 0 radical (unpaired) electrons. The number of anilines is 1. The van der Waals surface area contributed by atoms with E-state index in [9.17, 15) is 4.79 Å². The van der Waals surface area contributed by atoms with E-state index in [1.165, 1.54) is 0 Å². The molecular formula is C13H14N2O2. The van der Waals surface area contributed by atoms with Gasteiger partial charge in [-0.2, -0.15) is 5.26 Å². The first-order valence-electron chi connectivity index (χ1n) is 5.68. The largest absolute Gasteiger partial charge is 0.479 e. The molecule has 4 heteroatoms. The number of unbranched alkanes of at least 4 members (excludes halogenated alkanes) is 1. The van der Waals surface area contributed by atoms with Gasteiger partial charge in [0.1, 0.15) is 5.75 Å². The summed E-state index contributed by atoms with van der Waals surface area (Å²) in [5.41, 5.74) is 1.83. The molecule has 1 amide bonds. The van der Waals surface area contributed by atoms with Crippen molar-refractivity contribution < 1.29 is 9.53 Å². The molecule has 1 aromatic carbocycles. The van der Waals surface area contributed by atoms with Crippen molar-refractivity contribution in [2.45, 2.75) is 32.3 Å². The predicted octanol–water partition coefficient (Wildman–Crippen LogP) is 2.25. The average molecular weight is 230 g/mol. The average Bonchev–Trinajstić information content (AvgIpc) is 2.31. The minimum absolute atomic E-state index is 0.119. The maximum absolute atomic E-state index is 11.4. The van der Waals surface area contributed by atoms with Gasteiger partial charge in [0.25, 0.3) is 5.91 Å². The van der Waals surface area contributed by atoms with Crippen LogP contribution in [0.25, 0.3) is 0 Å². The van der Waals surface area contributed by atoms with Gasteiger partial charge >= 0.3 is 0 Å². The first kappa shape index (κ1) is 11.5. The van der Waals surface area contributed by atoms with Crippen LogP contribution in [0.4, 0.5) is 5.69 Å². The van der Waals surface area contributed by atoms with Gasteiger partial charge in [-0.15, -0.1) is 0 Å².